The topological polar surface area (TPSA) is 90.2 Å². The molecular weight excluding hydrogens is 270 g/mol. The Labute approximate surface area is 122 Å². The van der Waals surface area contributed by atoms with E-state index in [4.69, 9.17) is 10.3 Å². The van der Waals surface area contributed by atoms with E-state index < -0.39 is 6.04 Å². The number of aryl methyl sites for hydroxylation is 2. The van der Waals surface area contributed by atoms with Crippen LogP contribution >= 0.6 is 0 Å². The zero-order valence-corrected chi connectivity index (χ0v) is 12.2. The van der Waals surface area contributed by atoms with Crippen LogP contribution in [0, 0.1) is 6.92 Å². The monoisotopic (exact) mass is 289 g/mol. The fourth-order valence-electron chi connectivity index (χ4n) is 2.79. The lowest BCUT2D eigenvalue weighted by Gasteiger charge is -2.25. The number of carbonyl (C=O) groups is 1. The van der Waals surface area contributed by atoms with E-state index in [0.29, 0.717) is 6.54 Å². The van der Waals surface area contributed by atoms with Crippen LogP contribution in [0.2, 0.25) is 0 Å². The van der Waals surface area contributed by atoms with E-state index >= 15 is 0 Å². The predicted octanol–water partition coefficient (Wildman–Crippen LogP) is 1.08. The summed E-state index contributed by atoms with van der Waals surface area (Å²) in [7, 11) is 1.80. The molecule has 3 heterocycles. The van der Waals surface area contributed by atoms with Crippen LogP contribution in [0.15, 0.2) is 23.0 Å². The number of aromatic nitrogens is 3. The largest absolute Gasteiger partial charge is 0.359 e. The molecule has 1 aliphatic heterocycles. The van der Waals surface area contributed by atoms with Gasteiger partial charge < -0.3 is 15.2 Å². The summed E-state index contributed by atoms with van der Waals surface area (Å²) in [6, 6.07) is 1.12. The molecule has 2 aromatic rings. The first-order valence-corrected chi connectivity index (χ1v) is 7.04. The fourth-order valence-corrected chi connectivity index (χ4v) is 2.79. The van der Waals surface area contributed by atoms with Gasteiger partial charge in [-0.2, -0.15) is 5.10 Å². The number of carbonyl (C=O) groups excluding carboxylic acids is 1. The summed E-state index contributed by atoms with van der Waals surface area (Å²) in [6.45, 7) is 2.56. The Morgan fingerprint density at radius 3 is 3.00 bits per heavy atom. The maximum atomic E-state index is 12.6. The standard InChI is InChI=1S/C14H19N5O2/c1-9-6-12(21-17-9)11-4-3-5-19(11)14(20)13(15)10-7-16-18(2)8-10/h6-8,11,13H,3-5,15H2,1-2H3. The molecular formula is C14H19N5O2. The van der Waals surface area contributed by atoms with Crippen molar-refractivity contribution in [2.24, 2.45) is 12.8 Å². The van der Waals surface area contributed by atoms with Crippen molar-refractivity contribution in [3.05, 3.63) is 35.5 Å². The molecule has 7 heteroatoms. The van der Waals surface area contributed by atoms with Gasteiger partial charge in [0.1, 0.15) is 6.04 Å². The smallest absolute Gasteiger partial charge is 0.244 e. The number of nitrogens with zero attached hydrogens (tertiary/aromatic N) is 4. The van der Waals surface area contributed by atoms with Gasteiger partial charge in [0.05, 0.1) is 17.9 Å². The summed E-state index contributed by atoms with van der Waals surface area (Å²) in [6.07, 6.45) is 5.22. The van der Waals surface area contributed by atoms with Crippen molar-refractivity contribution in [3.8, 4) is 0 Å². The average molecular weight is 289 g/mol. The van der Waals surface area contributed by atoms with Gasteiger partial charge in [0, 0.05) is 31.4 Å². The van der Waals surface area contributed by atoms with E-state index in [9.17, 15) is 4.79 Å². The van der Waals surface area contributed by atoms with Gasteiger partial charge in [0.15, 0.2) is 5.76 Å². The molecule has 1 amide bonds. The van der Waals surface area contributed by atoms with Crippen LogP contribution in [0.25, 0.3) is 0 Å². The summed E-state index contributed by atoms with van der Waals surface area (Å²) < 4.78 is 6.96. The summed E-state index contributed by atoms with van der Waals surface area (Å²) >= 11 is 0. The lowest BCUT2D eigenvalue weighted by atomic mass is 10.1. The molecule has 0 spiro atoms. The zero-order chi connectivity index (χ0) is 15.0. The fraction of sp³-hybridized carbons (Fsp3) is 0.500. The van der Waals surface area contributed by atoms with Gasteiger partial charge in [-0.3, -0.25) is 9.48 Å². The third-order valence-corrected chi connectivity index (χ3v) is 3.86. The molecule has 2 N–H and O–H groups in total. The van der Waals surface area contributed by atoms with Crippen LogP contribution in [-0.4, -0.2) is 32.3 Å². The third kappa shape index (κ3) is 2.56. The lowest BCUT2D eigenvalue weighted by Crippen LogP contribution is -2.38. The van der Waals surface area contributed by atoms with Gasteiger partial charge >= 0.3 is 0 Å². The van der Waals surface area contributed by atoms with Crippen molar-refractivity contribution in [2.45, 2.75) is 31.8 Å². The highest BCUT2D eigenvalue weighted by molar-refractivity contribution is 5.83. The molecule has 112 valence electrons. The highest BCUT2D eigenvalue weighted by Crippen LogP contribution is 2.33. The van der Waals surface area contributed by atoms with Gasteiger partial charge in [-0.1, -0.05) is 5.16 Å². The molecule has 1 saturated heterocycles. The molecule has 0 aliphatic carbocycles. The number of amides is 1. The van der Waals surface area contributed by atoms with Gasteiger partial charge in [-0.05, 0) is 19.8 Å². The first-order valence-electron chi connectivity index (χ1n) is 7.04. The second-order valence-corrected chi connectivity index (χ2v) is 5.49. The van der Waals surface area contributed by atoms with Crippen molar-refractivity contribution >= 4 is 5.91 Å². The first kappa shape index (κ1) is 13.8. The lowest BCUT2D eigenvalue weighted by molar-refractivity contribution is -0.134. The van der Waals surface area contributed by atoms with Gasteiger partial charge in [0.25, 0.3) is 0 Å². The van der Waals surface area contributed by atoms with Crippen LogP contribution < -0.4 is 5.73 Å². The minimum absolute atomic E-state index is 0.0681. The maximum Gasteiger partial charge on any atom is 0.244 e. The van der Waals surface area contributed by atoms with Gasteiger partial charge in [-0.25, -0.2) is 0 Å². The highest BCUT2D eigenvalue weighted by Gasteiger charge is 2.35. The maximum absolute atomic E-state index is 12.6. The Kier molecular flexibility index (Phi) is 3.50. The van der Waals surface area contributed by atoms with Crippen molar-refractivity contribution in [1.82, 2.24) is 19.8 Å². The second-order valence-electron chi connectivity index (χ2n) is 5.49. The molecule has 2 unspecified atom stereocenters. The summed E-state index contributed by atoms with van der Waals surface area (Å²) in [5.74, 6) is 0.635. The van der Waals surface area contributed by atoms with E-state index in [1.807, 2.05) is 13.0 Å². The second kappa shape index (κ2) is 5.33. The van der Waals surface area contributed by atoms with Gasteiger partial charge in [-0.15, -0.1) is 0 Å². The van der Waals surface area contributed by atoms with E-state index in [0.717, 1.165) is 29.9 Å². The molecule has 0 saturated carbocycles. The Bertz CT molecular complexity index is 647. The zero-order valence-electron chi connectivity index (χ0n) is 12.2. The van der Waals surface area contributed by atoms with Gasteiger partial charge in [0.2, 0.25) is 5.91 Å². The molecule has 2 aromatic heterocycles. The Hall–Kier alpha value is -2.15. The molecule has 1 aliphatic rings. The number of hydrogen-bond donors (Lipinski definition) is 1. The summed E-state index contributed by atoms with van der Waals surface area (Å²) in [4.78, 5) is 14.4. The first-order chi connectivity index (χ1) is 10.1. The normalized spacial score (nSPS) is 20.0. The Morgan fingerprint density at radius 2 is 2.38 bits per heavy atom. The number of likely N-dealkylation sites (tertiary alicyclic amines) is 1. The molecule has 3 rings (SSSR count). The van der Waals surface area contributed by atoms with E-state index in [1.165, 1.54) is 0 Å². The summed E-state index contributed by atoms with van der Waals surface area (Å²) in [5, 5.41) is 7.97. The average Bonchev–Trinajstić information content (AvgIpc) is 3.16. The molecule has 0 aromatic carbocycles. The number of hydrogen-bond acceptors (Lipinski definition) is 5. The van der Waals surface area contributed by atoms with Crippen LogP contribution in [0.1, 0.15) is 41.9 Å². The van der Waals surface area contributed by atoms with Crippen LogP contribution in [-0.2, 0) is 11.8 Å². The molecule has 0 bridgehead atoms. The Morgan fingerprint density at radius 1 is 1.57 bits per heavy atom. The minimum atomic E-state index is -0.691. The van der Waals surface area contributed by atoms with E-state index in [2.05, 4.69) is 10.3 Å². The minimum Gasteiger partial charge on any atom is -0.359 e. The number of nitrogens with two attached hydrogens (primary N) is 1. The quantitative estimate of drug-likeness (QED) is 0.913. The highest BCUT2D eigenvalue weighted by atomic mass is 16.5. The van der Waals surface area contributed by atoms with Crippen LogP contribution in [0.4, 0.5) is 0 Å². The molecule has 0 radical (unpaired) electrons. The van der Waals surface area contributed by atoms with Crippen molar-refractivity contribution in [1.29, 1.82) is 0 Å². The molecule has 2 atom stereocenters. The predicted molar refractivity (Wildman–Crippen MR) is 75.1 cm³/mol. The Balaban J connectivity index is 1.80. The molecule has 7 nitrogen and oxygen atoms in total. The SMILES string of the molecule is Cc1cc(C2CCCN2C(=O)C(N)c2cnn(C)c2)on1. The van der Waals surface area contributed by atoms with Crippen molar-refractivity contribution in [3.63, 3.8) is 0 Å². The molecule has 1 fully saturated rings. The van der Waals surface area contributed by atoms with Crippen molar-refractivity contribution < 1.29 is 9.32 Å². The summed E-state index contributed by atoms with van der Waals surface area (Å²) in [5.41, 5.74) is 7.63. The third-order valence-electron chi connectivity index (χ3n) is 3.86. The molecule has 21 heavy (non-hydrogen) atoms. The van der Waals surface area contributed by atoms with Crippen LogP contribution in [0.3, 0.4) is 0 Å². The van der Waals surface area contributed by atoms with Crippen LogP contribution in [0.5, 0.6) is 0 Å². The van der Waals surface area contributed by atoms with E-state index in [1.54, 1.807) is 29.0 Å². The number of rotatable bonds is 3. The van der Waals surface area contributed by atoms with E-state index in [-0.39, 0.29) is 11.9 Å². The van der Waals surface area contributed by atoms with Crippen molar-refractivity contribution in [2.75, 3.05) is 6.54 Å².